The quantitative estimate of drug-likeness (QED) is 0.500. The Labute approximate surface area is 210 Å². The molecular weight excluding hydrogens is 462 g/mol. The Morgan fingerprint density at radius 3 is 2.46 bits per heavy atom. The van der Waals surface area contributed by atoms with Gasteiger partial charge in [0.1, 0.15) is 17.2 Å². The Hall–Kier alpha value is -3.39. The number of nitrogens with one attached hydrogen (secondary N) is 1. The topological polar surface area (TPSA) is 80.8 Å². The lowest BCUT2D eigenvalue weighted by molar-refractivity contribution is -0.134. The fraction of sp³-hybridized carbons (Fsp3) is 0.370. The monoisotopic (exact) mass is 493 g/mol. The molecule has 7 nitrogen and oxygen atoms in total. The number of carbonyl (C=O) groups excluding carboxylic acids is 2. The molecule has 1 N–H and O–H groups in total. The van der Waals surface area contributed by atoms with Gasteiger partial charge in [0.15, 0.2) is 6.61 Å². The van der Waals surface area contributed by atoms with Crippen LogP contribution in [0.2, 0.25) is 0 Å². The number of ether oxygens (including phenoxy) is 2. The van der Waals surface area contributed by atoms with Gasteiger partial charge in [-0.15, -0.1) is 11.3 Å². The molecule has 0 atom stereocenters. The van der Waals surface area contributed by atoms with E-state index in [1.165, 1.54) is 16.9 Å². The van der Waals surface area contributed by atoms with Gasteiger partial charge in [0.05, 0.1) is 12.1 Å². The Balaban J connectivity index is 1.23. The second-order valence-electron chi connectivity index (χ2n) is 8.79. The number of nitrogens with zero attached hydrogens (tertiary/aromatic N) is 2. The van der Waals surface area contributed by atoms with Crippen LogP contribution in [0.25, 0.3) is 0 Å². The molecule has 0 saturated carbocycles. The van der Waals surface area contributed by atoms with Crippen LogP contribution in [-0.4, -0.2) is 48.5 Å². The fourth-order valence-corrected chi connectivity index (χ4v) is 4.98. The lowest BCUT2D eigenvalue weighted by atomic mass is 9.97. The number of methoxy groups -OCH3 is 1. The zero-order chi connectivity index (χ0) is 24.8. The molecule has 0 spiro atoms. The SMILES string of the molecule is COc1ccc(CNC(=O)c2csc(C3CCN(C(=O)COc4ccc(C)c(C)c4)CC3)n2)cc1. The molecule has 184 valence electrons. The predicted molar refractivity (Wildman–Crippen MR) is 136 cm³/mol. The van der Waals surface area contributed by atoms with Gasteiger partial charge in [-0.25, -0.2) is 4.98 Å². The van der Waals surface area contributed by atoms with E-state index in [9.17, 15) is 9.59 Å². The van der Waals surface area contributed by atoms with Crippen LogP contribution in [0.5, 0.6) is 11.5 Å². The maximum absolute atomic E-state index is 12.6. The largest absolute Gasteiger partial charge is 0.497 e. The summed E-state index contributed by atoms with van der Waals surface area (Å²) >= 11 is 1.51. The third-order valence-corrected chi connectivity index (χ3v) is 7.41. The van der Waals surface area contributed by atoms with Crippen molar-refractivity contribution in [2.75, 3.05) is 26.8 Å². The normalized spacial score (nSPS) is 14.0. The van der Waals surface area contributed by atoms with Crippen LogP contribution in [-0.2, 0) is 11.3 Å². The van der Waals surface area contributed by atoms with Crippen molar-refractivity contribution in [3.05, 3.63) is 75.2 Å². The van der Waals surface area contributed by atoms with Crippen molar-refractivity contribution in [2.24, 2.45) is 0 Å². The van der Waals surface area contributed by atoms with Crippen LogP contribution in [0.3, 0.4) is 0 Å². The van der Waals surface area contributed by atoms with Gasteiger partial charge in [0.2, 0.25) is 0 Å². The lowest BCUT2D eigenvalue weighted by Crippen LogP contribution is -2.40. The van der Waals surface area contributed by atoms with Crippen molar-refractivity contribution in [1.29, 1.82) is 0 Å². The molecule has 2 aromatic carbocycles. The first-order valence-electron chi connectivity index (χ1n) is 11.8. The number of amides is 2. The third-order valence-electron chi connectivity index (χ3n) is 6.40. The molecule has 2 amide bonds. The van der Waals surface area contributed by atoms with Gasteiger partial charge in [-0.3, -0.25) is 9.59 Å². The van der Waals surface area contributed by atoms with E-state index in [-0.39, 0.29) is 24.3 Å². The maximum Gasteiger partial charge on any atom is 0.271 e. The summed E-state index contributed by atoms with van der Waals surface area (Å²) in [7, 11) is 1.63. The molecule has 0 bridgehead atoms. The second kappa shape index (κ2) is 11.4. The predicted octanol–water partition coefficient (Wildman–Crippen LogP) is 4.48. The van der Waals surface area contributed by atoms with E-state index < -0.39 is 0 Å². The summed E-state index contributed by atoms with van der Waals surface area (Å²) in [6.45, 7) is 5.89. The molecular formula is C27H31N3O4S. The van der Waals surface area contributed by atoms with Crippen LogP contribution in [0.1, 0.15) is 50.9 Å². The first kappa shape index (κ1) is 24.7. The Morgan fingerprint density at radius 1 is 1.06 bits per heavy atom. The number of likely N-dealkylation sites (tertiary alicyclic amines) is 1. The number of benzene rings is 2. The van der Waals surface area contributed by atoms with Crippen molar-refractivity contribution in [1.82, 2.24) is 15.2 Å². The summed E-state index contributed by atoms with van der Waals surface area (Å²) < 4.78 is 10.9. The highest BCUT2D eigenvalue weighted by Gasteiger charge is 2.26. The number of aromatic nitrogens is 1. The van der Waals surface area contributed by atoms with Gasteiger partial charge in [-0.2, -0.15) is 0 Å². The summed E-state index contributed by atoms with van der Waals surface area (Å²) in [5.74, 6) is 1.58. The van der Waals surface area contributed by atoms with Crippen molar-refractivity contribution >= 4 is 23.2 Å². The van der Waals surface area contributed by atoms with Gasteiger partial charge in [0, 0.05) is 30.9 Å². The third kappa shape index (κ3) is 6.39. The molecule has 3 aromatic rings. The number of piperidine rings is 1. The summed E-state index contributed by atoms with van der Waals surface area (Å²) in [5.41, 5.74) is 3.78. The van der Waals surface area contributed by atoms with Gasteiger partial charge in [0.25, 0.3) is 11.8 Å². The Kier molecular flexibility index (Phi) is 8.02. The molecule has 0 unspecified atom stereocenters. The van der Waals surface area contributed by atoms with E-state index in [4.69, 9.17) is 9.47 Å². The van der Waals surface area contributed by atoms with Crippen LogP contribution in [0.4, 0.5) is 0 Å². The van der Waals surface area contributed by atoms with E-state index in [1.54, 1.807) is 7.11 Å². The molecule has 1 aliphatic heterocycles. The number of aryl methyl sites for hydroxylation is 2. The first-order chi connectivity index (χ1) is 16.9. The minimum absolute atomic E-state index is 0.000541. The highest BCUT2D eigenvalue weighted by molar-refractivity contribution is 7.09. The first-order valence-corrected chi connectivity index (χ1v) is 12.7. The van der Waals surface area contributed by atoms with Crippen molar-refractivity contribution < 1.29 is 19.1 Å². The average Bonchev–Trinajstić information content (AvgIpc) is 3.39. The van der Waals surface area contributed by atoms with Crippen LogP contribution in [0.15, 0.2) is 47.8 Å². The summed E-state index contributed by atoms with van der Waals surface area (Å²) in [6.07, 6.45) is 1.66. The van der Waals surface area contributed by atoms with E-state index in [2.05, 4.69) is 17.2 Å². The lowest BCUT2D eigenvalue weighted by Gasteiger charge is -2.31. The molecule has 1 saturated heterocycles. The second-order valence-corrected chi connectivity index (χ2v) is 9.68. The van der Waals surface area contributed by atoms with Gasteiger partial charge < -0.3 is 19.7 Å². The molecule has 8 heteroatoms. The van der Waals surface area contributed by atoms with Crippen LogP contribution in [0, 0.1) is 13.8 Å². The van der Waals surface area contributed by atoms with Crippen LogP contribution < -0.4 is 14.8 Å². The number of hydrogen-bond acceptors (Lipinski definition) is 6. The minimum Gasteiger partial charge on any atom is -0.497 e. The summed E-state index contributed by atoms with van der Waals surface area (Å²) in [5, 5.41) is 5.69. The zero-order valence-corrected chi connectivity index (χ0v) is 21.2. The van der Waals surface area contributed by atoms with E-state index >= 15 is 0 Å². The smallest absolute Gasteiger partial charge is 0.271 e. The van der Waals surface area contributed by atoms with E-state index in [0.29, 0.717) is 25.3 Å². The Morgan fingerprint density at radius 2 is 1.77 bits per heavy atom. The fourth-order valence-electron chi connectivity index (χ4n) is 4.01. The molecule has 1 aromatic heterocycles. The van der Waals surface area contributed by atoms with E-state index in [1.807, 2.05) is 59.7 Å². The molecule has 1 aliphatic rings. The van der Waals surface area contributed by atoms with Crippen molar-refractivity contribution in [3.8, 4) is 11.5 Å². The minimum atomic E-state index is -0.181. The highest BCUT2D eigenvalue weighted by atomic mass is 32.1. The molecule has 2 heterocycles. The Bertz CT molecular complexity index is 1170. The molecule has 0 radical (unpaired) electrons. The number of rotatable bonds is 8. The number of thiazole rings is 1. The van der Waals surface area contributed by atoms with Gasteiger partial charge >= 0.3 is 0 Å². The van der Waals surface area contributed by atoms with Crippen LogP contribution >= 0.6 is 11.3 Å². The van der Waals surface area contributed by atoms with Gasteiger partial charge in [-0.05, 0) is 67.6 Å². The highest BCUT2D eigenvalue weighted by Crippen LogP contribution is 2.30. The number of carbonyl (C=O) groups is 2. The molecule has 35 heavy (non-hydrogen) atoms. The summed E-state index contributed by atoms with van der Waals surface area (Å²) in [6, 6.07) is 13.4. The van der Waals surface area contributed by atoms with Crippen molar-refractivity contribution in [2.45, 2.75) is 39.2 Å². The number of hydrogen-bond donors (Lipinski definition) is 1. The molecule has 0 aliphatic carbocycles. The van der Waals surface area contributed by atoms with Crippen molar-refractivity contribution in [3.63, 3.8) is 0 Å². The zero-order valence-electron chi connectivity index (χ0n) is 20.4. The standard InChI is InChI=1S/C27H31N3O4S/c1-18-4-7-23(14-19(18)2)34-16-25(31)30-12-10-21(11-13-30)27-29-24(17-35-27)26(32)28-15-20-5-8-22(33-3)9-6-20/h4-9,14,17,21H,10-13,15-16H2,1-3H3,(H,28,32). The molecule has 4 rings (SSSR count). The van der Waals surface area contributed by atoms with E-state index in [0.717, 1.165) is 40.5 Å². The maximum atomic E-state index is 12.6. The van der Waals surface area contributed by atoms with Gasteiger partial charge in [-0.1, -0.05) is 18.2 Å². The summed E-state index contributed by atoms with van der Waals surface area (Å²) in [4.78, 5) is 31.6. The molecule has 1 fully saturated rings. The average molecular weight is 494 g/mol.